The topological polar surface area (TPSA) is 79.8 Å². The number of hydrogen-bond acceptors (Lipinski definition) is 7. The Hall–Kier alpha value is -3.10. The molecule has 0 bridgehead atoms. The van der Waals surface area contributed by atoms with Crippen LogP contribution in [0, 0.1) is 0 Å². The van der Waals surface area contributed by atoms with Gasteiger partial charge in [-0.3, -0.25) is 10.1 Å². The Morgan fingerprint density at radius 3 is 2.67 bits per heavy atom. The molecule has 0 aliphatic heterocycles. The summed E-state index contributed by atoms with van der Waals surface area (Å²) in [6.45, 7) is 0. The van der Waals surface area contributed by atoms with E-state index in [2.05, 4.69) is 25.6 Å². The Morgan fingerprint density at radius 1 is 1.00 bits per heavy atom. The van der Waals surface area contributed by atoms with Crippen LogP contribution < -0.4 is 10.6 Å². The summed E-state index contributed by atoms with van der Waals surface area (Å²) in [5.74, 6) is 0.367. The fraction of sp³-hybridized carbons (Fsp3) is 0.0526. The third-order valence-electron chi connectivity index (χ3n) is 3.76. The Labute approximate surface area is 164 Å². The van der Waals surface area contributed by atoms with Gasteiger partial charge in [-0.2, -0.15) is 0 Å². The molecule has 1 amide bonds. The number of aromatic nitrogens is 3. The van der Waals surface area contributed by atoms with Gasteiger partial charge in [0.05, 0.1) is 21.1 Å². The highest BCUT2D eigenvalue weighted by atomic mass is 32.1. The van der Waals surface area contributed by atoms with Crippen LogP contribution >= 0.6 is 22.7 Å². The molecule has 3 aromatic heterocycles. The monoisotopic (exact) mass is 393 g/mol. The summed E-state index contributed by atoms with van der Waals surface area (Å²) in [4.78, 5) is 27.1. The van der Waals surface area contributed by atoms with E-state index in [4.69, 9.17) is 0 Å². The third kappa shape index (κ3) is 3.86. The van der Waals surface area contributed by atoms with E-state index in [-0.39, 0.29) is 5.91 Å². The fourth-order valence-corrected chi connectivity index (χ4v) is 4.03. The number of amides is 1. The largest absolute Gasteiger partial charge is 0.357 e. The lowest BCUT2D eigenvalue weighted by molar-refractivity contribution is 0.103. The molecule has 4 rings (SSSR count). The van der Waals surface area contributed by atoms with Crippen molar-refractivity contribution in [2.24, 2.45) is 0 Å². The van der Waals surface area contributed by atoms with Crippen LogP contribution in [-0.4, -0.2) is 27.9 Å². The maximum Gasteiger partial charge on any atom is 0.267 e. The number of anilines is 2. The van der Waals surface area contributed by atoms with Crippen LogP contribution in [0.5, 0.6) is 0 Å². The first-order valence-electron chi connectivity index (χ1n) is 8.16. The summed E-state index contributed by atoms with van der Waals surface area (Å²) in [6.07, 6.45) is 1.69. The van der Waals surface area contributed by atoms with E-state index in [0.29, 0.717) is 16.0 Å². The lowest BCUT2D eigenvalue weighted by Crippen LogP contribution is -2.09. The van der Waals surface area contributed by atoms with E-state index in [1.54, 1.807) is 19.3 Å². The number of nitrogens with one attached hydrogen (secondary N) is 2. The molecular formula is C19H15N5OS2. The molecule has 0 fully saturated rings. The van der Waals surface area contributed by atoms with Crippen molar-refractivity contribution in [3.63, 3.8) is 0 Å². The van der Waals surface area contributed by atoms with E-state index in [9.17, 15) is 4.79 Å². The van der Waals surface area contributed by atoms with E-state index in [0.717, 1.165) is 21.8 Å². The van der Waals surface area contributed by atoms with E-state index >= 15 is 0 Å². The zero-order valence-corrected chi connectivity index (χ0v) is 16.0. The van der Waals surface area contributed by atoms with Crippen molar-refractivity contribution in [3.05, 3.63) is 65.0 Å². The zero-order valence-electron chi connectivity index (χ0n) is 14.3. The zero-order chi connectivity index (χ0) is 18.6. The summed E-state index contributed by atoms with van der Waals surface area (Å²) < 4.78 is 0. The lowest BCUT2D eigenvalue weighted by Gasteiger charge is -2.00. The highest BCUT2D eigenvalue weighted by Gasteiger charge is 2.14. The number of thiophene rings is 1. The maximum absolute atomic E-state index is 12.5. The van der Waals surface area contributed by atoms with Gasteiger partial charge in [0, 0.05) is 24.2 Å². The van der Waals surface area contributed by atoms with Gasteiger partial charge in [-0.15, -0.1) is 22.7 Å². The minimum atomic E-state index is -0.178. The van der Waals surface area contributed by atoms with Gasteiger partial charge < -0.3 is 5.32 Å². The number of rotatable bonds is 5. The Bertz CT molecular complexity index is 1070. The average Bonchev–Trinajstić information content (AvgIpc) is 3.39. The SMILES string of the molecule is CNc1nccc(-c2ccc(C(=O)Nc3nc(-c4ccccc4)cs3)s2)n1. The highest BCUT2D eigenvalue weighted by molar-refractivity contribution is 7.17. The number of thiazole rings is 1. The van der Waals surface area contributed by atoms with Gasteiger partial charge >= 0.3 is 0 Å². The average molecular weight is 393 g/mol. The summed E-state index contributed by atoms with van der Waals surface area (Å²) in [7, 11) is 1.77. The first-order valence-corrected chi connectivity index (χ1v) is 9.86. The Morgan fingerprint density at radius 2 is 1.85 bits per heavy atom. The quantitative estimate of drug-likeness (QED) is 0.517. The second-order valence-electron chi connectivity index (χ2n) is 5.54. The maximum atomic E-state index is 12.5. The second-order valence-corrected chi connectivity index (χ2v) is 7.48. The third-order valence-corrected chi connectivity index (χ3v) is 5.62. The van der Waals surface area contributed by atoms with Crippen molar-refractivity contribution in [1.82, 2.24) is 15.0 Å². The standard InChI is InChI=1S/C19H15N5OS2/c1-20-18-21-10-9-13(22-18)15-7-8-16(27-15)17(25)24-19-23-14(11-26-19)12-5-3-2-4-6-12/h2-11H,1H3,(H,20,21,22)(H,23,24,25). The van der Waals surface area contributed by atoms with Crippen LogP contribution in [0.2, 0.25) is 0 Å². The van der Waals surface area contributed by atoms with Crippen molar-refractivity contribution in [1.29, 1.82) is 0 Å². The second kappa shape index (κ2) is 7.65. The lowest BCUT2D eigenvalue weighted by atomic mass is 10.2. The van der Waals surface area contributed by atoms with Gasteiger partial charge in [-0.1, -0.05) is 30.3 Å². The molecule has 0 saturated heterocycles. The van der Waals surface area contributed by atoms with Gasteiger partial charge in [-0.25, -0.2) is 15.0 Å². The molecule has 0 radical (unpaired) electrons. The Balaban J connectivity index is 1.49. The smallest absolute Gasteiger partial charge is 0.267 e. The van der Waals surface area contributed by atoms with Crippen LogP contribution in [0.4, 0.5) is 11.1 Å². The molecule has 0 aliphatic rings. The van der Waals surface area contributed by atoms with E-state index in [1.165, 1.54) is 22.7 Å². The summed E-state index contributed by atoms with van der Waals surface area (Å²) in [6, 6.07) is 15.4. The molecule has 27 heavy (non-hydrogen) atoms. The molecule has 8 heteroatoms. The van der Waals surface area contributed by atoms with Crippen molar-refractivity contribution < 1.29 is 4.79 Å². The molecular weight excluding hydrogens is 378 g/mol. The molecule has 2 N–H and O–H groups in total. The van der Waals surface area contributed by atoms with Crippen molar-refractivity contribution in [2.75, 3.05) is 17.7 Å². The first-order chi connectivity index (χ1) is 13.2. The van der Waals surface area contributed by atoms with Crippen LogP contribution in [0.1, 0.15) is 9.67 Å². The van der Waals surface area contributed by atoms with Crippen molar-refractivity contribution in [2.45, 2.75) is 0 Å². The van der Waals surface area contributed by atoms with Gasteiger partial charge in [0.15, 0.2) is 5.13 Å². The Kier molecular flexibility index (Phi) is 4.91. The molecule has 0 aliphatic carbocycles. The number of hydrogen-bond donors (Lipinski definition) is 2. The molecule has 0 atom stereocenters. The number of carbonyl (C=O) groups excluding carboxylic acids is 1. The molecule has 0 spiro atoms. The number of nitrogens with zero attached hydrogens (tertiary/aromatic N) is 3. The molecule has 6 nitrogen and oxygen atoms in total. The molecule has 3 heterocycles. The summed E-state index contributed by atoms with van der Waals surface area (Å²) in [5.41, 5.74) is 2.65. The minimum absolute atomic E-state index is 0.178. The van der Waals surface area contributed by atoms with Gasteiger partial charge in [0.25, 0.3) is 5.91 Å². The van der Waals surface area contributed by atoms with E-state index < -0.39 is 0 Å². The summed E-state index contributed by atoms with van der Waals surface area (Å²) >= 11 is 2.79. The van der Waals surface area contributed by atoms with Gasteiger partial charge in [0.2, 0.25) is 5.95 Å². The molecule has 4 aromatic rings. The van der Waals surface area contributed by atoms with Gasteiger partial charge in [-0.05, 0) is 18.2 Å². The predicted molar refractivity (Wildman–Crippen MR) is 110 cm³/mol. The van der Waals surface area contributed by atoms with Crippen molar-refractivity contribution >= 4 is 39.7 Å². The van der Waals surface area contributed by atoms with E-state index in [1.807, 2.05) is 47.8 Å². The van der Waals surface area contributed by atoms with Crippen LogP contribution in [0.25, 0.3) is 21.8 Å². The number of carbonyl (C=O) groups is 1. The van der Waals surface area contributed by atoms with Crippen LogP contribution in [0.15, 0.2) is 60.1 Å². The van der Waals surface area contributed by atoms with Crippen molar-refractivity contribution in [3.8, 4) is 21.8 Å². The molecule has 0 saturated carbocycles. The first kappa shape index (κ1) is 17.3. The number of benzene rings is 1. The highest BCUT2D eigenvalue weighted by Crippen LogP contribution is 2.29. The summed E-state index contributed by atoms with van der Waals surface area (Å²) in [5, 5.41) is 8.29. The predicted octanol–water partition coefficient (Wildman–Crippen LogP) is 4.62. The molecule has 134 valence electrons. The minimum Gasteiger partial charge on any atom is -0.357 e. The van der Waals surface area contributed by atoms with Crippen LogP contribution in [-0.2, 0) is 0 Å². The van der Waals surface area contributed by atoms with Gasteiger partial charge in [0.1, 0.15) is 0 Å². The fourth-order valence-electron chi connectivity index (χ4n) is 2.45. The normalized spacial score (nSPS) is 10.6. The molecule has 1 aromatic carbocycles. The molecule has 0 unspecified atom stereocenters. The van der Waals surface area contributed by atoms with Crippen LogP contribution in [0.3, 0.4) is 0 Å².